The van der Waals surface area contributed by atoms with Crippen LogP contribution in [0.3, 0.4) is 0 Å². The van der Waals surface area contributed by atoms with E-state index in [0.717, 1.165) is 19.3 Å². The topological polar surface area (TPSA) is 26.3 Å². The molecule has 0 fully saturated rings. The molecule has 1 aliphatic carbocycles. The van der Waals surface area contributed by atoms with Crippen molar-refractivity contribution in [3.8, 4) is 0 Å². The second-order valence-electron chi connectivity index (χ2n) is 6.03. The van der Waals surface area contributed by atoms with Gasteiger partial charge in [-0.25, -0.2) is 0 Å². The van der Waals surface area contributed by atoms with Gasteiger partial charge in [0, 0.05) is 0 Å². The average molecular weight is 234 g/mol. The molecule has 17 heavy (non-hydrogen) atoms. The summed E-state index contributed by atoms with van der Waals surface area (Å²) in [7, 11) is 0. The lowest BCUT2D eigenvalue weighted by molar-refractivity contribution is -0.169. The van der Waals surface area contributed by atoms with Gasteiger partial charge in [-0.15, -0.1) is 0 Å². The van der Waals surface area contributed by atoms with Crippen molar-refractivity contribution in [3.05, 3.63) is 23.8 Å². The molecule has 2 heteroatoms. The highest BCUT2D eigenvalue weighted by atomic mass is 16.5. The molecule has 0 aromatic heterocycles. The van der Waals surface area contributed by atoms with E-state index in [2.05, 4.69) is 13.0 Å². The minimum absolute atomic E-state index is 0.120. The molecule has 2 nitrogen and oxygen atoms in total. The maximum Gasteiger partial charge on any atom is 0.187 e. The van der Waals surface area contributed by atoms with Crippen molar-refractivity contribution < 1.29 is 9.53 Å². The van der Waals surface area contributed by atoms with Crippen LogP contribution in [0.4, 0.5) is 0 Å². The molecule has 0 radical (unpaired) electrons. The second kappa shape index (κ2) is 4.09. The Kier molecular flexibility index (Phi) is 3.03. The highest BCUT2D eigenvalue weighted by molar-refractivity contribution is 5.98. The quantitative estimate of drug-likeness (QED) is 0.650. The molecule has 0 spiro atoms. The number of allylic oxidation sites excluding steroid dienone is 2. The Hall–Kier alpha value is -0.890. The van der Waals surface area contributed by atoms with Gasteiger partial charge >= 0.3 is 0 Å². The van der Waals surface area contributed by atoms with Crippen LogP contribution in [-0.2, 0) is 9.53 Å². The Morgan fingerprint density at radius 2 is 2.06 bits per heavy atom. The maximum absolute atomic E-state index is 12.2. The Bertz CT molecular complexity index is 390. The van der Waals surface area contributed by atoms with Gasteiger partial charge in [0.2, 0.25) is 0 Å². The summed E-state index contributed by atoms with van der Waals surface area (Å²) in [6, 6.07) is 0. The van der Waals surface area contributed by atoms with Gasteiger partial charge in [-0.1, -0.05) is 11.6 Å². The molecular weight excluding hydrogens is 212 g/mol. The lowest BCUT2D eigenvalue weighted by atomic mass is 9.74. The zero-order chi connectivity index (χ0) is 12.7. The van der Waals surface area contributed by atoms with E-state index < -0.39 is 5.60 Å². The summed E-state index contributed by atoms with van der Waals surface area (Å²) in [6.45, 7) is 8.14. The maximum atomic E-state index is 12.2. The molecule has 0 N–H and O–H groups in total. The van der Waals surface area contributed by atoms with Gasteiger partial charge in [-0.2, -0.15) is 0 Å². The van der Waals surface area contributed by atoms with Crippen LogP contribution in [0.1, 0.15) is 47.0 Å². The minimum Gasteiger partial charge on any atom is -0.357 e. The van der Waals surface area contributed by atoms with Gasteiger partial charge in [-0.05, 0) is 65.0 Å². The van der Waals surface area contributed by atoms with E-state index >= 15 is 0 Å². The van der Waals surface area contributed by atoms with Gasteiger partial charge in [0.15, 0.2) is 5.78 Å². The molecule has 2 unspecified atom stereocenters. The van der Waals surface area contributed by atoms with Crippen LogP contribution >= 0.6 is 0 Å². The first-order valence-corrected chi connectivity index (χ1v) is 6.43. The summed E-state index contributed by atoms with van der Waals surface area (Å²) in [5, 5.41) is 0. The summed E-state index contributed by atoms with van der Waals surface area (Å²) in [5.74, 6) is 0.428. The van der Waals surface area contributed by atoms with E-state index in [-0.39, 0.29) is 11.4 Å². The first-order valence-electron chi connectivity index (χ1n) is 6.43. The first-order chi connectivity index (χ1) is 7.83. The highest BCUT2D eigenvalue weighted by Crippen LogP contribution is 2.40. The molecule has 0 aromatic rings. The SMILES string of the molecule is CC1=CCC(C2(C)OC(C)(C)C=CC2=O)CC1. The molecule has 94 valence electrons. The summed E-state index contributed by atoms with van der Waals surface area (Å²) in [5.41, 5.74) is 0.455. The Morgan fingerprint density at radius 3 is 2.65 bits per heavy atom. The number of carbonyl (C=O) groups is 1. The van der Waals surface area contributed by atoms with Crippen molar-refractivity contribution >= 4 is 5.78 Å². The number of rotatable bonds is 1. The van der Waals surface area contributed by atoms with E-state index in [1.54, 1.807) is 6.08 Å². The minimum atomic E-state index is -0.643. The summed E-state index contributed by atoms with van der Waals surface area (Å²) in [6.07, 6.45) is 8.91. The van der Waals surface area contributed by atoms with Gasteiger partial charge in [0.25, 0.3) is 0 Å². The van der Waals surface area contributed by atoms with Crippen molar-refractivity contribution in [2.75, 3.05) is 0 Å². The summed E-state index contributed by atoms with van der Waals surface area (Å²) < 4.78 is 6.08. The van der Waals surface area contributed by atoms with Crippen molar-refractivity contribution in [3.63, 3.8) is 0 Å². The fraction of sp³-hybridized carbons (Fsp3) is 0.667. The molecule has 1 aliphatic heterocycles. The number of hydrogen-bond acceptors (Lipinski definition) is 2. The fourth-order valence-corrected chi connectivity index (χ4v) is 2.82. The van der Waals surface area contributed by atoms with Crippen LogP contribution in [-0.4, -0.2) is 17.0 Å². The van der Waals surface area contributed by atoms with Crippen LogP contribution in [0.25, 0.3) is 0 Å². The van der Waals surface area contributed by atoms with Crippen LogP contribution in [0.5, 0.6) is 0 Å². The smallest absolute Gasteiger partial charge is 0.187 e. The number of ether oxygens (including phenoxy) is 1. The van der Waals surface area contributed by atoms with Crippen LogP contribution in [0, 0.1) is 5.92 Å². The molecule has 2 rings (SSSR count). The average Bonchev–Trinajstić information content (AvgIpc) is 2.24. The molecule has 1 heterocycles. The third kappa shape index (κ3) is 2.37. The van der Waals surface area contributed by atoms with E-state index in [1.165, 1.54) is 5.57 Å². The molecule has 0 bridgehead atoms. The van der Waals surface area contributed by atoms with Gasteiger partial charge < -0.3 is 4.74 Å². The molecule has 0 saturated carbocycles. The van der Waals surface area contributed by atoms with Crippen molar-refractivity contribution in [2.24, 2.45) is 5.92 Å². The summed E-state index contributed by atoms with van der Waals surface area (Å²) in [4.78, 5) is 12.2. The van der Waals surface area contributed by atoms with Crippen LogP contribution < -0.4 is 0 Å². The molecule has 0 amide bonds. The van der Waals surface area contributed by atoms with Gasteiger partial charge in [-0.3, -0.25) is 4.79 Å². The lowest BCUT2D eigenvalue weighted by Crippen LogP contribution is -2.52. The largest absolute Gasteiger partial charge is 0.357 e. The third-order valence-corrected chi connectivity index (χ3v) is 4.02. The highest BCUT2D eigenvalue weighted by Gasteiger charge is 2.46. The van der Waals surface area contributed by atoms with Gasteiger partial charge in [0.05, 0.1) is 5.60 Å². The third-order valence-electron chi connectivity index (χ3n) is 4.02. The second-order valence-corrected chi connectivity index (χ2v) is 6.03. The molecule has 2 atom stereocenters. The first kappa shape index (κ1) is 12.6. The Balaban J connectivity index is 2.24. The Morgan fingerprint density at radius 1 is 1.35 bits per heavy atom. The van der Waals surface area contributed by atoms with E-state index in [0.29, 0.717) is 5.92 Å². The molecule has 0 aromatic carbocycles. The van der Waals surface area contributed by atoms with E-state index in [9.17, 15) is 4.79 Å². The zero-order valence-electron chi connectivity index (χ0n) is 11.2. The van der Waals surface area contributed by atoms with Crippen molar-refractivity contribution in [2.45, 2.75) is 58.2 Å². The standard InChI is InChI=1S/C15H22O2/c1-11-5-7-12(8-6-11)15(4)13(16)9-10-14(2,3)17-15/h5,9-10,12H,6-8H2,1-4H3. The van der Waals surface area contributed by atoms with Crippen LogP contribution in [0.2, 0.25) is 0 Å². The Labute approximate surface area is 104 Å². The molecular formula is C15H22O2. The number of hydrogen-bond donors (Lipinski definition) is 0. The predicted molar refractivity (Wildman–Crippen MR) is 68.8 cm³/mol. The molecule has 2 aliphatic rings. The van der Waals surface area contributed by atoms with Crippen molar-refractivity contribution in [1.29, 1.82) is 0 Å². The zero-order valence-corrected chi connectivity index (χ0v) is 11.2. The monoisotopic (exact) mass is 234 g/mol. The molecule has 0 saturated heterocycles. The van der Waals surface area contributed by atoms with Gasteiger partial charge in [0.1, 0.15) is 5.60 Å². The normalized spacial score (nSPS) is 36.8. The number of ketones is 1. The van der Waals surface area contributed by atoms with Crippen LogP contribution in [0.15, 0.2) is 23.8 Å². The number of carbonyl (C=O) groups excluding carboxylic acids is 1. The predicted octanol–water partition coefficient (Wildman–Crippen LogP) is 3.43. The lowest BCUT2D eigenvalue weighted by Gasteiger charge is -2.44. The fourth-order valence-electron chi connectivity index (χ4n) is 2.82. The van der Waals surface area contributed by atoms with E-state index in [4.69, 9.17) is 4.74 Å². The van der Waals surface area contributed by atoms with Crippen molar-refractivity contribution in [1.82, 2.24) is 0 Å². The summed E-state index contributed by atoms with van der Waals surface area (Å²) >= 11 is 0. The van der Waals surface area contributed by atoms with E-state index in [1.807, 2.05) is 26.8 Å².